The number of carboxylic acids is 1. The first-order valence-corrected chi connectivity index (χ1v) is 5.86. The zero-order chi connectivity index (χ0) is 13.1. The molecule has 1 atom stereocenters. The van der Waals surface area contributed by atoms with Crippen LogP contribution in [0.5, 0.6) is 0 Å². The topological polar surface area (TPSA) is 40.5 Å². The normalized spacial score (nSPS) is 26.4. The number of nitrogens with zero attached hydrogens (tertiary/aromatic N) is 1. The monoisotopic (exact) mass is 253 g/mol. The molecule has 1 saturated heterocycles. The number of carbonyl (C=O) groups is 1. The molecule has 1 heterocycles. The quantitative estimate of drug-likeness (QED) is 0.765. The highest BCUT2D eigenvalue weighted by atomic mass is 19.4. The Morgan fingerprint density at radius 1 is 1.41 bits per heavy atom. The molecule has 6 heteroatoms. The average molecular weight is 253 g/mol. The number of carboxylic acid groups (broad SMARTS) is 1. The van der Waals surface area contributed by atoms with Gasteiger partial charge in [-0.15, -0.1) is 0 Å². The number of hydrogen-bond donors (Lipinski definition) is 1. The Morgan fingerprint density at radius 2 is 2.06 bits per heavy atom. The van der Waals surface area contributed by atoms with E-state index in [2.05, 4.69) is 0 Å². The third-order valence-corrected chi connectivity index (χ3v) is 3.38. The molecule has 0 aromatic heterocycles. The summed E-state index contributed by atoms with van der Waals surface area (Å²) in [5, 5.41) is 8.84. The smallest absolute Gasteiger partial charge is 0.406 e. The Morgan fingerprint density at radius 3 is 2.47 bits per heavy atom. The second kappa shape index (κ2) is 5.25. The summed E-state index contributed by atoms with van der Waals surface area (Å²) in [5.41, 5.74) is -2.56. The van der Waals surface area contributed by atoms with E-state index in [-0.39, 0.29) is 13.0 Å². The fourth-order valence-electron chi connectivity index (χ4n) is 2.19. The van der Waals surface area contributed by atoms with Gasteiger partial charge in [0.25, 0.3) is 0 Å². The maximum absolute atomic E-state index is 12.8. The first-order valence-electron chi connectivity index (χ1n) is 5.86. The van der Waals surface area contributed by atoms with Crippen LogP contribution in [0.25, 0.3) is 0 Å². The first kappa shape index (κ1) is 14.3. The van der Waals surface area contributed by atoms with Gasteiger partial charge in [0.1, 0.15) is 0 Å². The third-order valence-electron chi connectivity index (χ3n) is 3.38. The van der Waals surface area contributed by atoms with Gasteiger partial charge in [0.15, 0.2) is 5.41 Å². The molecular formula is C11H18F3NO2. The van der Waals surface area contributed by atoms with Crippen LogP contribution in [-0.2, 0) is 4.79 Å². The second-order valence-electron chi connectivity index (χ2n) is 4.62. The fraction of sp³-hybridized carbons (Fsp3) is 0.909. The summed E-state index contributed by atoms with van der Waals surface area (Å²) in [6.07, 6.45) is -2.22. The Kier molecular flexibility index (Phi) is 4.41. The maximum atomic E-state index is 12.8. The predicted octanol–water partition coefficient (Wildman–Crippen LogP) is 2.52. The van der Waals surface area contributed by atoms with Crippen molar-refractivity contribution in [3.05, 3.63) is 0 Å². The van der Waals surface area contributed by atoms with Crippen molar-refractivity contribution in [1.29, 1.82) is 0 Å². The highest BCUT2D eigenvalue weighted by molar-refractivity contribution is 5.76. The zero-order valence-corrected chi connectivity index (χ0v) is 9.89. The summed E-state index contributed by atoms with van der Waals surface area (Å²) < 4.78 is 38.5. The number of unbranched alkanes of at least 4 members (excludes halogenated alkanes) is 2. The first-order chi connectivity index (χ1) is 7.83. The minimum absolute atomic E-state index is 0.218. The van der Waals surface area contributed by atoms with Crippen LogP contribution in [0.15, 0.2) is 0 Å². The van der Waals surface area contributed by atoms with Crippen molar-refractivity contribution in [3.8, 4) is 0 Å². The average Bonchev–Trinajstić information content (AvgIpc) is 2.63. The molecule has 17 heavy (non-hydrogen) atoms. The Bertz CT molecular complexity index is 280. The van der Waals surface area contributed by atoms with Gasteiger partial charge in [0, 0.05) is 6.54 Å². The van der Waals surface area contributed by atoms with E-state index in [9.17, 15) is 18.0 Å². The molecule has 1 fully saturated rings. The lowest BCUT2D eigenvalue weighted by molar-refractivity contribution is -0.227. The molecule has 1 unspecified atom stereocenters. The predicted molar refractivity (Wildman–Crippen MR) is 56.7 cm³/mol. The van der Waals surface area contributed by atoms with Gasteiger partial charge in [-0.1, -0.05) is 19.8 Å². The third kappa shape index (κ3) is 2.91. The van der Waals surface area contributed by atoms with Gasteiger partial charge in [-0.3, -0.25) is 4.79 Å². The van der Waals surface area contributed by atoms with E-state index in [0.29, 0.717) is 6.54 Å². The zero-order valence-electron chi connectivity index (χ0n) is 9.89. The number of halogens is 3. The molecule has 0 aliphatic carbocycles. The molecule has 0 radical (unpaired) electrons. The molecule has 1 rings (SSSR count). The lowest BCUT2D eigenvalue weighted by Gasteiger charge is -2.27. The van der Waals surface area contributed by atoms with Crippen LogP contribution >= 0.6 is 0 Å². The number of alkyl halides is 3. The van der Waals surface area contributed by atoms with Gasteiger partial charge in [-0.2, -0.15) is 13.2 Å². The van der Waals surface area contributed by atoms with E-state index in [4.69, 9.17) is 5.11 Å². The molecule has 0 aromatic carbocycles. The van der Waals surface area contributed by atoms with Crippen LogP contribution in [-0.4, -0.2) is 41.8 Å². The number of hydrogen-bond acceptors (Lipinski definition) is 2. The maximum Gasteiger partial charge on any atom is 0.406 e. The Labute approximate surface area is 98.6 Å². The van der Waals surface area contributed by atoms with Gasteiger partial charge in [0.05, 0.1) is 0 Å². The molecule has 0 aromatic rings. The Balaban J connectivity index is 2.63. The van der Waals surface area contributed by atoms with E-state index >= 15 is 0 Å². The molecule has 0 spiro atoms. The largest absolute Gasteiger partial charge is 0.481 e. The highest BCUT2D eigenvalue weighted by Gasteiger charge is 2.63. The molecule has 1 aliphatic heterocycles. The summed E-state index contributed by atoms with van der Waals surface area (Å²) in [6, 6.07) is 0. The summed E-state index contributed by atoms with van der Waals surface area (Å²) in [7, 11) is 0. The van der Waals surface area contributed by atoms with E-state index in [0.717, 1.165) is 19.3 Å². The van der Waals surface area contributed by atoms with Crippen molar-refractivity contribution < 1.29 is 23.1 Å². The SMILES string of the molecule is CCCCCN1CCC(C(=O)O)(C(F)(F)F)C1. The highest BCUT2D eigenvalue weighted by Crippen LogP contribution is 2.45. The summed E-state index contributed by atoms with van der Waals surface area (Å²) in [4.78, 5) is 12.5. The minimum atomic E-state index is -4.67. The molecule has 1 N–H and O–H groups in total. The van der Waals surface area contributed by atoms with Crippen LogP contribution in [0.4, 0.5) is 13.2 Å². The van der Waals surface area contributed by atoms with Crippen LogP contribution in [0.3, 0.4) is 0 Å². The second-order valence-corrected chi connectivity index (χ2v) is 4.62. The lowest BCUT2D eigenvalue weighted by atomic mass is 9.86. The van der Waals surface area contributed by atoms with E-state index in [1.807, 2.05) is 6.92 Å². The molecule has 0 saturated carbocycles. The standard InChI is InChI=1S/C11H18F3NO2/c1-2-3-4-6-15-7-5-10(8-15,9(16)17)11(12,13)14/h2-8H2,1H3,(H,16,17). The molecular weight excluding hydrogens is 235 g/mol. The minimum Gasteiger partial charge on any atom is -0.481 e. The molecule has 100 valence electrons. The van der Waals surface area contributed by atoms with Crippen LogP contribution < -0.4 is 0 Å². The molecule has 3 nitrogen and oxygen atoms in total. The van der Waals surface area contributed by atoms with E-state index in [1.54, 1.807) is 4.90 Å². The number of likely N-dealkylation sites (tertiary alicyclic amines) is 1. The van der Waals surface area contributed by atoms with Crippen LogP contribution in [0.2, 0.25) is 0 Å². The molecule has 1 aliphatic rings. The van der Waals surface area contributed by atoms with Gasteiger partial charge < -0.3 is 10.0 Å². The van der Waals surface area contributed by atoms with Crippen molar-refractivity contribution in [2.24, 2.45) is 5.41 Å². The van der Waals surface area contributed by atoms with E-state index < -0.39 is 24.1 Å². The van der Waals surface area contributed by atoms with Gasteiger partial charge >= 0.3 is 12.1 Å². The van der Waals surface area contributed by atoms with Gasteiger partial charge in [-0.25, -0.2) is 0 Å². The van der Waals surface area contributed by atoms with Gasteiger partial charge in [0.2, 0.25) is 0 Å². The Hall–Kier alpha value is -0.780. The van der Waals surface area contributed by atoms with Crippen molar-refractivity contribution in [2.45, 2.75) is 38.8 Å². The van der Waals surface area contributed by atoms with Crippen molar-refractivity contribution in [3.63, 3.8) is 0 Å². The summed E-state index contributed by atoms with van der Waals surface area (Å²) >= 11 is 0. The van der Waals surface area contributed by atoms with Crippen LogP contribution in [0, 0.1) is 5.41 Å². The molecule has 0 amide bonds. The fourth-order valence-corrected chi connectivity index (χ4v) is 2.19. The van der Waals surface area contributed by atoms with E-state index in [1.165, 1.54) is 0 Å². The summed E-state index contributed by atoms with van der Waals surface area (Å²) in [5.74, 6) is -1.75. The number of aliphatic carboxylic acids is 1. The lowest BCUT2D eigenvalue weighted by Crippen LogP contribution is -2.47. The van der Waals surface area contributed by atoms with Crippen molar-refractivity contribution in [1.82, 2.24) is 4.90 Å². The van der Waals surface area contributed by atoms with Crippen LogP contribution in [0.1, 0.15) is 32.6 Å². The van der Waals surface area contributed by atoms with Crippen molar-refractivity contribution in [2.75, 3.05) is 19.6 Å². The molecule has 0 bridgehead atoms. The van der Waals surface area contributed by atoms with Gasteiger partial charge in [-0.05, 0) is 25.9 Å². The number of rotatable bonds is 5. The summed E-state index contributed by atoms with van der Waals surface area (Å²) in [6.45, 7) is 2.38. The van der Waals surface area contributed by atoms with Crippen molar-refractivity contribution >= 4 is 5.97 Å².